The van der Waals surface area contributed by atoms with Crippen molar-refractivity contribution in [2.24, 2.45) is 11.8 Å². The van der Waals surface area contributed by atoms with Crippen LogP contribution in [0.4, 0.5) is 9.59 Å². The van der Waals surface area contributed by atoms with Crippen LogP contribution in [-0.2, 0) is 14.3 Å². The molecule has 1 N–H and O–H groups in total. The molecular weight excluding hydrogens is 412 g/mol. The zero-order valence-corrected chi connectivity index (χ0v) is 19.2. The van der Waals surface area contributed by atoms with Crippen LogP contribution in [0.25, 0.3) is 0 Å². The van der Waals surface area contributed by atoms with E-state index in [1.54, 1.807) is 39.5 Å². The largest absolute Gasteiger partial charge is 0.444 e. The lowest BCUT2D eigenvalue weighted by Gasteiger charge is -2.35. The Morgan fingerprint density at radius 2 is 1.84 bits per heavy atom. The number of carbonyl (C=O) groups excluding carboxylic acids is 3. The lowest BCUT2D eigenvalue weighted by molar-refractivity contribution is -0.138. The van der Waals surface area contributed by atoms with Crippen LogP contribution in [0, 0.1) is 11.8 Å². The summed E-state index contributed by atoms with van der Waals surface area (Å²) in [7, 11) is 0. The summed E-state index contributed by atoms with van der Waals surface area (Å²) in [5.41, 5.74) is 0.158. The molecule has 1 aliphatic carbocycles. The summed E-state index contributed by atoms with van der Waals surface area (Å²) in [6.45, 7) is 8.75. The molecule has 2 heterocycles. The van der Waals surface area contributed by atoms with Crippen molar-refractivity contribution < 1.29 is 29.0 Å². The van der Waals surface area contributed by atoms with Gasteiger partial charge in [0.1, 0.15) is 11.7 Å². The van der Waals surface area contributed by atoms with Gasteiger partial charge in [0.25, 0.3) is 0 Å². The second kappa shape index (κ2) is 8.06. The van der Waals surface area contributed by atoms with Crippen LogP contribution in [0.5, 0.6) is 0 Å². The predicted molar refractivity (Wildman–Crippen MR) is 116 cm³/mol. The van der Waals surface area contributed by atoms with E-state index in [4.69, 9.17) is 9.47 Å². The van der Waals surface area contributed by atoms with Gasteiger partial charge in [0.05, 0.1) is 24.1 Å². The van der Waals surface area contributed by atoms with E-state index in [-0.39, 0.29) is 6.04 Å². The maximum absolute atomic E-state index is 13.3. The number of hydrogen-bond acceptors (Lipinski definition) is 6. The van der Waals surface area contributed by atoms with E-state index in [2.05, 4.69) is 0 Å². The number of benzene rings is 1. The highest BCUT2D eigenvalue weighted by atomic mass is 16.6. The minimum atomic E-state index is -1.11. The molecule has 1 aromatic carbocycles. The molecule has 174 valence electrons. The first-order valence-corrected chi connectivity index (χ1v) is 11.3. The first-order valence-electron chi connectivity index (χ1n) is 11.3. The summed E-state index contributed by atoms with van der Waals surface area (Å²) in [5, 5.41) is 11.1. The minimum Gasteiger partial charge on any atom is -0.444 e. The molecule has 3 aliphatic rings. The van der Waals surface area contributed by atoms with Gasteiger partial charge in [0.2, 0.25) is 5.91 Å². The predicted octanol–water partition coefficient (Wildman–Crippen LogP) is 3.49. The van der Waals surface area contributed by atoms with Crippen molar-refractivity contribution in [3.05, 3.63) is 35.9 Å². The smallest absolute Gasteiger partial charge is 0.417 e. The standard InChI is InChI=1S/C24H32N2O6/c1-13(19(27)18-12-16-11-17(16)26(18)23(30)32-24(3,4)5)21(28)25-14(2)20(31-22(25)29)15-9-7-6-8-10-15/h6-10,13-14,16-20,27H,11-12H2,1-5H3/t13-,14-,16+,17+,18+,19-,20-/m1/s1. The zero-order valence-electron chi connectivity index (χ0n) is 19.2. The van der Waals surface area contributed by atoms with E-state index < -0.39 is 53.9 Å². The fraction of sp³-hybridized carbons (Fsp3) is 0.625. The number of likely N-dealkylation sites (tertiary alicyclic amines) is 1. The maximum atomic E-state index is 13.3. The van der Waals surface area contributed by atoms with Gasteiger partial charge >= 0.3 is 12.2 Å². The number of hydrogen-bond donors (Lipinski definition) is 1. The van der Waals surface area contributed by atoms with Crippen LogP contribution in [0.2, 0.25) is 0 Å². The molecule has 8 heteroatoms. The molecule has 0 aromatic heterocycles. The number of aliphatic hydroxyl groups is 1. The third kappa shape index (κ3) is 4.08. The normalized spacial score (nSPS) is 31.1. The Hall–Kier alpha value is -2.61. The number of amides is 3. The van der Waals surface area contributed by atoms with Gasteiger partial charge in [-0.25, -0.2) is 14.5 Å². The summed E-state index contributed by atoms with van der Waals surface area (Å²) < 4.78 is 11.0. The molecule has 3 amide bonds. The number of piperidine rings is 1. The third-order valence-corrected chi connectivity index (χ3v) is 6.68. The highest BCUT2D eigenvalue weighted by molar-refractivity contribution is 5.95. The SMILES string of the molecule is C[C@@H]1[C@H](c2ccccc2)OC(=O)N1C(=O)[C@H](C)[C@@H](O)[C@@H]1C[C@@H]2C[C@@H]2N1C(=O)OC(C)(C)C. The molecule has 0 bridgehead atoms. The lowest BCUT2D eigenvalue weighted by atomic mass is 9.93. The molecule has 3 fully saturated rings. The number of rotatable bonds is 4. The fourth-order valence-electron chi connectivity index (χ4n) is 4.93. The van der Waals surface area contributed by atoms with Gasteiger partial charge in [-0.3, -0.25) is 9.69 Å². The second-order valence-electron chi connectivity index (χ2n) is 10.2. The second-order valence-corrected chi connectivity index (χ2v) is 10.2. The Labute approximate surface area is 188 Å². The first-order chi connectivity index (χ1) is 15.0. The Balaban J connectivity index is 1.47. The topological polar surface area (TPSA) is 96.4 Å². The highest BCUT2D eigenvalue weighted by Gasteiger charge is 2.58. The van der Waals surface area contributed by atoms with Gasteiger partial charge in [-0.05, 0) is 52.0 Å². The Kier molecular flexibility index (Phi) is 5.69. The number of aliphatic hydroxyl groups excluding tert-OH is 1. The van der Waals surface area contributed by atoms with Crippen LogP contribution in [0.1, 0.15) is 59.1 Å². The van der Waals surface area contributed by atoms with Crippen LogP contribution < -0.4 is 0 Å². The molecule has 2 aliphatic heterocycles. The van der Waals surface area contributed by atoms with E-state index in [9.17, 15) is 19.5 Å². The molecule has 8 nitrogen and oxygen atoms in total. The number of cyclic esters (lactones) is 1. The molecular formula is C24H32N2O6. The Morgan fingerprint density at radius 3 is 2.47 bits per heavy atom. The van der Waals surface area contributed by atoms with Crippen LogP contribution in [0.15, 0.2) is 30.3 Å². The molecule has 0 spiro atoms. The van der Waals surface area contributed by atoms with Crippen LogP contribution in [0.3, 0.4) is 0 Å². The molecule has 7 atom stereocenters. The van der Waals surface area contributed by atoms with Crippen LogP contribution in [-0.4, -0.2) is 62.8 Å². The van der Waals surface area contributed by atoms with Crippen LogP contribution >= 0.6 is 0 Å². The van der Waals surface area contributed by atoms with Gasteiger partial charge in [-0.1, -0.05) is 37.3 Å². The first kappa shape index (κ1) is 22.6. The summed E-state index contributed by atoms with van der Waals surface area (Å²) in [6.07, 6.45) is -1.35. The molecule has 0 unspecified atom stereocenters. The monoisotopic (exact) mass is 444 g/mol. The zero-order chi connectivity index (χ0) is 23.4. The fourth-order valence-corrected chi connectivity index (χ4v) is 4.93. The summed E-state index contributed by atoms with van der Waals surface area (Å²) in [4.78, 5) is 41.3. The van der Waals surface area contributed by atoms with Crippen molar-refractivity contribution in [2.45, 2.75) is 83.4 Å². The summed E-state index contributed by atoms with van der Waals surface area (Å²) in [6, 6.07) is 8.29. The number of fused-ring (bicyclic) bond motifs is 1. The van der Waals surface area contributed by atoms with E-state index in [1.807, 2.05) is 30.3 Å². The summed E-state index contributed by atoms with van der Waals surface area (Å²) in [5.74, 6) is -1.06. The average molecular weight is 445 g/mol. The number of nitrogens with zero attached hydrogens (tertiary/aromatic N) is 2. The van der Waals surface area contributed by atoms with Gasteiger partial charge in [-0.2, -0.15) is 0 Å². The number of carbonyl (C=O) groups is 3. The Bertz CT molecular complexity index is 898. The van der Waals surface area contributed by atoms with Crippen molar-refractivity contribution in [3.63, 3.8) is 0 Å². The van der Waals surface area contributed by atoms with Crippen molar-refractivity contribution in [1.29, 1.82) is 0 Å². The number of imide groups is 1. The molecule has 0 radical (unpaired) electrons. The van der Waals surface area contributed by atoms with Gasteiger partial charge < -0.3 is 14.6 Å². The van der Waals surface area contributed by atoms with Gasteiger partial charge in [0, 0.05) is 6.04 Å². The van der Waals surface area contributed by atoms with Crippen molar-refractivity contribution in [3.8, 4) is 0 Å². The van der Waals surface area contributed by atoms with E-state index in [0.717, 1.165) is 16.9 Å². The van der Waals surface area contributed by atoms with Crippen molar-refractivity contribution >= 4 is 18.1 Å². The molecule has 4 rings (SSSR count). The van der Waals surface area contributed by atoms with Gasteiger partial charge in [0.15, 0.2) is 0 Å². The summed E-state index contributed by atoms with van der Waals surface area (Å²) >= 11 is 0. The van der Waals surface area contributed by atoms with E-state index in [1.165, 1.54) is 0 Å². The molecule has 32 heavy (non-hydrogen) atoms. The lowest BCUT2D eigenvalue weighted by Crippen LogP contribution is -2.52. The Morgan fingerprint density at radius 1 is 1.19 bits per heavy atom. The molecule has 1 aromatic rings. The quantitative estimate of drug-likeness (QED) is 0.764. The van der Waals surface area contributed by atoms with Gasteiger partial charge in [-0.15, -0.1) is 0 Å². The third-order valence-electron chi connectivity index (χ3n) is 6.68. The minimum absolute atomic E-state index is 0.0462. The van der Waals surface area contributed by atoms with E-state index >= 15 is 0 Å². The average Bonchev–Trinajstić information content (AvgIpc) is 3.28. The van der Waals surface area contributed by atoms with Crippen molar-refractivity contribution in [2.75, 3.05) is 0 Å². The van der Waals surface area contributed by atoms with E-state index in [0.29, 0.717) is 12.3 Å². The maximum Gasteiger partial charge on any atom is 0.417 e. The highest BCUT2D eigenvalue weighted by Crippen LogP contribution is 2.50. The van der Waals surface area contributed by atoms with Crippen molar-refractivity contribution in [1.82, 2.24) is 9.80 Å². The number of ether oxygens (including phenoxy) is 2. The molecule has 2 saturated heterocycles. The molecule has 1 saturated carbocycles.